The Labute approximate surface area is 90.9 Å². The van der Waals surface area contributed by atoms with Gasteiger partial charge in [0, 0.05) is 0 Å². The van der Waals surface area contributed by atoms with Gasteiger partial charge in [0.1, 0.15) is 5.15 Å². The van der Waals surface area contributed by atoms with E-state index >= 15 is 0 Å². The number of hydrogen-bond acceptors (Lipinski definition) is 4. The minimum absolute atomic E-state index is 0.259. The Bertz CT molecular complexity index is 606. The number of hydrogen-bond donors (Lipinski definition) is 1. The summed E-state index contributed by atoms with van der Waals surface area (Å²) in [6.45, 7) is 0. The predicted octanol–water partition coefficient (Wildman–Crippen LogP) is 0.754. The lowest BCUT2D eigenvalue weighted by Gasteiger charge is -2.01. The summed E-state index contributed by atoms with van der Waals surface area (Å²) in [5, 5.41) is 4.17. The van der Waals surface area contributed by atoms with Gasteiger partial charge in [-0.2, -0.15) is 9.61 Å². The molecule has 0 saturated carbocycles. The van der Waals surface area contributed by atoms with Crippen molar-refractivity contribution in [2.45, 2.75) is 0 Å². The molecule has 0 aliphatic heterocycles. The Balaban J connectivity index is 2.57. The first kappa shape index (κ1) is 10.2. The first-order chi connectivity index (χ1) is 6.96. The van der Waals surface area contributed by atoms with Crippen LogP contribution in [0.5, 0.6) is 0 Å². The molecule has 1 N–H and O–H groups in total. The fraction of sp³-hybridized carbons (Fsp3) is 0.143. The molecule has 0 radical (unpaired) electrons. The van der Waals surface area contributed by atoms with Crippen LogP contribution in [-0.4, -0.2) is 29.3 Å². The van der Waals surface area contributed by atoms with Gasteiger partial charge in [0.25, 0.3) is 0 Å². The van der Waals surface area contributed by atoms with Crippen LogP contribution in [0.2, 0.25) is 5.15 Å². The Morgan fingerprint density at radius 3 is 2.87 bits per heavy atom. The van der Waals surface area contributed by atoms with Crippen LogP contribution in [0.15, 0.2) is 18.3 Å². The fourth-order valence-electron chi connectivity index (χ4n) is 1.11. The molecule has 0 aromatic carbocycles. The van der Waals surface area contributed by atoms with E-state index in [1.807, 2.05) is 0 Å². The van der Waals surface area contributed by atoms with Gasteiger partial charge in [-0.25, -0.2) is 13.4 Å². The van der Waals surface area contributed by atoms with Crippen LogP contribution in [0, 0.1) is 0 Å². The maximum Gasteiger partial charge on any atom is 0.231 e. The minimum atomic E-state index is -3.35. The molecule has 0 fully saturated rings. The van der Waals surface area contributed by atoms with Gasteiger partial charge in [0.2, 0.25) is 10.0 Å². The Hall–Kier alpha value is -1.34. The lowest BCUT2D eigenvalue weighted by Crippen LogP contribution is -2.12. The third-order valence-electron chi connectivity index (χ3n) is 1.62. The summed E-state index contributed by atoms with van der Waals surface area (Å²) in [5.74, 6) is 0.259. The van der Waals surface area contributed by atoms with E-state index in [1.54, 1.807) is 12.1 Å². The number of halogens is 1. The van der Waals surface area contributed by atoms with Crippen molar-refractivity contribution in [3.8, 4) is 0 Å². The Morgan fingerprint density at radius 2 is 2.20 bits per heavy atom. The molecule has 0 saturated heterocycles. The highest BCUT2D eigenvalue weighted by Crippen LogP contribution is 2.13. The molecule has 0 bridgehead atoms. The predicted molar refractivity (Wildman–Crippen MR) is 56.5 cm³/mol. The second-order valence-corrected chi connectivity index (χ2v) is 5.08. The lowest BCUT2D eigenvalue weighted by molar-refractivity contribution is 0.606. The van der Waals surface area contributed by atoms with E-state index in [4.69, 9.17) is 11.6 Å². The van der Waals surface area contributed by atoms with Gasteiger partial charge in [-0.05, 0) is 12.1 Å². The third kappa shape index (κ3) is 2.18. The highest BCUT2D eigenvalue weighted by atomic mass is 35.5. The fourth-order valence-corrected chi connectivity index (χ4v) is 1.77. The van der Waals surface area contributed by atoms with Gasteiger partial charge in [-0.3, -0.25) is 4.72 Å². The first-order valence-corrected chi connectivity index (χ1v) is 6.21. The van der Waals surface area contributed by atoms with Crippen LogP contribution < -0.4 is 4.72 Å². The zero-order valence-electron chi connectivity index (χ0n) is 7.68. The van der Waals surface area contributed by atoms with Crippen LogP contribution >= 0.6 is 11.6 Å². The number of nitrogens with zero attached hydrogens (tertiary/aromatic N) is 3. The second kappa shape index (κ2) is 3.35. The van der Waals surface area contributed by atoms with Crippen LogP contribution in [0.3, 0.4) is 0 Å². The van der Waals surface area contributed by atoms with E-state index in [9.17, 15) is 8.42 Å². The number of rotatable bonds is 2. The van der Waals surface area contributed by atoms with E-state index in [1.165, 1.54) is 10.7 Å². The summed E-state index contributed by atoms with van der Waals surface area (Å²) in [4.78, 5) is 3.96. The smallest absolute Gasteiger partial charge is 0.231 e. The van der Waals surface area contributed by atoms with Crippen molar-refractivity contribution in [3.63, 3.8) is 0 Å². The van der Waals surface area contributed by atoms with Crippen LogP contribution in [0.4, 0.5) is 5.82 Å². The zero-order valence-corrected chi connectivity index (χ0v) is 9.25. The Kier molecular flexibility index (Phi) is 2.28. The molecular weight excluding hydrogens is 240 g/mol. The quantitative estimate of drug-likeness (QED) is 0.849. The number of fused-ring (bicyclic) bond motifs is 1. The van der Waals surface area contributed by atoms with Crippen molar-refractivity contribution >= 4 is 33.1 Å². The number of nitrogens with one attached hydrogen (secondary N) is 1. The lowest BCUT2D eigenvalue weighted by atomic mass is 10.6. The van der Waals surface area contributed by atoms with Gasteiger partial charge in [0.05, 0.1) is 12.5 Å². The summed E-state index contributed by atoms with van der Waals surface area (Å²) in [5.41, 5.74) is 0.519. The van der Waals surface area contributed by atoms with E-state index in [-0.39, 0.29) is 11.0 Å². The summed E-state index contributed by atoms with van der Waals surface area (Å²) in [6.07, 6.45) is 2.43. The molecule has 6 nitrogen and oxygen atoms in total. The maximum atomic E-state index is 11.0. The monoisotopic (exact) mass is 246 g/mol. The van der Waals surface area contributed by atoms with Crippen molar-refractivity contribution in [2.24, 2.45) is 0 Å². The molecule has 80 valence electrons. The summed E-state index contributed by atoms with van der Waals surface area (Å²) in [7, 11) is -3.35. The van der Waals surface area contributed by atoms with Gasteiger partial charge < -0.3 is 0 Å². The van der Waals surface area contributed by atoms with Crippen molar-refractivity contribution in [3.05, 3.63) is 23.5 Å². The van der Waals surface area contributed by atoms with E-state index in [0.29, 0.717) is 5.65 Å². The third-order valence-corrected chi connectivity index (χ3v) is 2.40. The van der Waals surface area contributed by atoms with Gasteiger partial charge in [0.15, 0.2) is 11.5 Å². The molecule has 2 aromatic heterocycles. The SMILES string of the molecule is CS(=O)(=O)Nc1cnc2ccc(Cl)nn12. The molecule has 2 heterocycles. The van der Waals surface area contributed by atoms with Gasteiger partial charge in [-0.1, -0.05) is 11.6 Å². The highest BCUT2D eigenvalue weighted by molar-refractivity contribution is 7.92. The molecule has 0 aliphatic carbocycles. The van der Waals surface area contributed by atoms with Gasteiger partial charge in [-0.15, -0.1) is 0 Å². The molecule has 0 aliphatic rings. The van der Waals surface area contributed by atoms with Crippen LogP contribution in [0.1, 0.15) is 0 Å². The van der Waals surface area contributed by atoms with Crippen LogP contribution in [0.25, 0.3) is 5.65 Å². The molecule has 15 heavy (non-hydrogen) atoms. The van der Waals surface area contributed by atoms with Crippen LogP contribution in [-0.2, 0) is 10.0 Å². The van der Waals surface area contributed by atoms with E-state index in [2.05, 4.69) is 14.8 Å². The molecule has 0 unspecified atom stereocenters. The topological polar surface area (TPSA) is 76.4 Å². The number of sulfonamides is 1. The van der Waals surface area contributed by atoms with E-state index < -0.39 is 10.0 Å². The second-order valence-electron chi connectivity index (χ2n) is 2.94. The average Bonchev–Trinajstić information content (AvgIpc) is 2.46. The van der Waals surface area contributed by atoms with Crippen molar-refractivity contribution in [2.75, 3.05) is 11.0 Å². The molecular formula is C7H7ClN4O2S. The largest absolute Gasteiger partial charge is 0.266 e. The molecule has 8 heteroatoms. The van der Waals surface area contributed by atoms with Gasteiger partial charge >= 0.3 is 0 Å². The number of imidazole rings is 1. The number of aromatic nitrogens is 3. The molecule has 2 aromatic rings. The summed E-state index contributed by atoms with van der Waals surface area (Å²) >= 11 is 5.68. The molecule has 2 rings (SSSR count). The summed E-state index contributed by atoms with van der Waals surface area (Å²) < 4.78 is 25.6. The van der Waals surface area contributed by atoms with Crippen molar-refractivity contribution < 1.29 is 8.42 Å². The standard InChI is InChI=1S/C7H7ClN4O2S/c1-15(13,14)11-7-4-9-6-3-2-5(8)10-12(6)7/h2-4,11H,1H3. The maximum absolute atomic E-state index is 11.0. The Morgan fingerprint density at radius 1 is 1.47 bits per heavy atom. The molecule has 0 amide bonds. The van der Waals surface area contributed by atoms with Crippen molar-refractivity contribution in [1.29, 1.82) is 0 Å². The van der Waals surface area contributed by atoms with Crippen molar-refractivity contribution in [1.82, 2.24) is 14.6 Å². The van der Waals surface area contributed by atoms with E-state index in [0.717, 1.165) is 6.26 Å². The summed E-state index contributed by atoms with van der Waals surface area (Å²) in [6, 6.07) is 3.22. The minimum Gasteiger partial charge on any atom is -0.266 e. The average molecular weight is 247 g/mol. The zero-order chi connectivity index (χ0) is 11.1. The normalized spacial score (nSPS) is 11.9. The number of anilines is 1. The molecule has 0 spiro atoms. The molecule has 0 atom stereocenters. The first-order valence-electron chi connectivity index (χ1n) is 3.94. The highest BCUT2D eigenvalue weighted by Gasteiger charge is 2.08.